The molecular formula is C9H10N4O. The van der Waals surface area contributed by atoms with Crippen LogP contribution in [-0.4, -0.2) is 20.9 Å². The number of hydrogen-bond donors (Lipinski definition) is 1. The van der Waals surface area contributed by atoms with Crippen LogP contribution in [0.5, 0.6) is 0 Å². The molecule has 0 radical (unpaired) electrons. The Kier molecular flexibility index (Phi) is 1.92. The van der Waals surface area contributed by atoms with Crippen LogP contribution >= 0.6 is 0 Å². The van der Waals surface area contributed by atoms with Crippen LogP contribution in [0.15, 0.2) is 12.4 Å². The quantitative estimate of drug-likeness (QED) is 0.694. The van der Waals surface area contributed by atoms with E-state index in [1.807, 2.05) is 13.0 Å². The maximum absolute atomic E-state index is 10.4. The Hall–Kier alpha value is -1.91. The molecule has 0 fully saturated rings. The van der Waals surface area contributed by atoms with E-state index in [2.05, 4.69) is 10.1 Å². The fraction of sp³-hybridized carbons (Fsp3) is 0.222. The highest BCUT2D eigenvalue weighted by Crippen LogP contribution is 2.19. The van der Waals surface area contributed by atoms with Crippen LogP contribution in [0.4, 0.5) is 5.69 Å². The lowest BCUT2D eigenvalue weighted by molar-refractivity contribution is -0.107. The third kappa shape index (κ3) is 1.14. The van der Waals surface area contributed by atoms with Crippen molar-refractivity contribution >= 4 is 17.5 Å². The van der Waals surface area contributed by atoms with Gasteiger partial charge in [-0.05, 0) is 13.0 Å². The second kappa shape index (κ2) is 3.10. The number of hydrogen-bond acceptors (Lipinski definition) is 4. The van der Waals surface area contributed by atoms with Crippen LogP contribution in [0.2, 0.25) is 0 Å². The molecule has 0 aromatic carbocycles. The first-order chi connectivity index (χ1) is 6.74. The van der Waals surface area contributed by atoms with Crippen molar-refractivity contribution in [2.45, 2.75) is 13.3 Å². The summed E-state index contributed by atoms with van der Waals surface area (Å²) in [6.45, 7) is 1.90. The molecule has 0 saturated heterocycles. The molecule has 2 aromatic rings. The summed E-state index contributed by atoms with van der Waals surface area (Å²) in [7, 11) is 0. The van der Waals surface area contributed by atoms with Gasteiger partial charge in [-0.15, -0.1) is 0 Å². The first-order valence-electron chi connectivity index (χ1n) is 4.25. The summed E-state index contributed by atoms with van der Waals surface area (Å²) in [5.41, 5.74) is 8.74. The molecule has 0 spiro atoms. The number of carbonyl (C=O) groups is 1. The summed E-state index contributed by atoms with van der Waals surface area (Å²) in [5, 5.41) is 4.05. The normalized spacial score (nSPS) is 10.6. The number of nitrogens with two attached hydrogens (primary N) is 1. The van der Waals surface area contributed by atoms with Crippen LogP contribution in [0.1, 0.15) is 11.4 Å². The second-order valence-corrected chi connectivity index (χ2v) is 3.08. The molecule has 0 aliphatic carbocycles. The van der Waals surface area contributed by atoms with Gasteiger partial charge in [0.25, 0.3) is 0 Å². The highest BCUT2D eigenvalue weighted by molar-refractivity contribution is 5.76. The monoisotopic (exact) mass is 190 g/mol. The summed E-state index contributed by atoms with van der Waals surface area (Å²) in [4.78, 5) is 14.5. The van der Waals surface area contributed by atoms with Gasteiger partial charge in [0.1, 0.15) is 18.1 Å². The number of nitrogen functional groups attached to an aromatic ring is 1. The fourth-order valence-corrected chi connectivity index (χ4v) is 1.53. The van der Waals surface area contributed by atoms with E-state index in [0.29, 0.717) is 11.4 Å². The molecule has 0 unspecified atom stereocenters. The molecule has 0 atom stereocenters. The molecule has 0 saturated carbocycles. The van der Waals surface area contributed by atoms with Gasteiger partial charge in [-0.1, -0.05) is 0 Å². The second-order valence-electron chi connectivity index (χ2n) is 3.08. The molecular weight excluding hydrogens is 180 g/mol. The molecule has 0 aliphatic heterocycles. The van der Waals surface area contributed by atoms with E-state index >= 15 is 0 Å². The minimum Gasteiger partial charge on any atom is -0.397 e. The first-order valence-corrected chi connectivity index (χ1v) is 4.25. The first kappa shape index (κ1) is 8.68. The van der Waals surface area contributed by atoms with Gasteiger partial charge in [0, 0.05) is 12.1 Å². The zero-order valence-electron chi connectivity index (χ0n) is 7.77. The van der Waals surface area contributed by atoms with Crippen molar-refractivity contribution in [3.63, 3.8) is 0 Å². The Morgan fingerprint density at radius 3 is 3.14 bits per heavy atom. The van der Waals surface area contributed by atoms with Crippen LogP contribution < -0.4 is 5.73 Å². The topological polar surface area (TPSA) is 73.3 Å². The zero-order valence-corrected chi connectivity index (χ0v) is 7.77. The summed E-state index contributed by atoms with van der Waals surface area (Å²) >= 11 is 0. The SMILES string of the molecule is Cc1cc(N)c2c(CC=O)ncnn12. The Bertz CT molecular complexity index is 489. The highest BCUT2D eigenvalue weighted by atomic mass is 16.1. The molecule has 0 bridgehead atoms. The number of aromatic nitrogens is 3. The van der Waals surface area contributed by atoms with Gasteiger partial charge in [0.05, 0.1) is 11.4 Å². The van der Waals surface area contributed by atoms with Crippen LogP contribution in [0.25, 0.3) is 5.52 Å². The number of rotatable bonds is 2. The Morgan fingerprint density at radius 1 is 1.64 bits per heavy atom. The van der Waals surface area contributed by atoms with Gasteiger partial charge in [-0.3, -0.25) is 0 Å². The molecule has 5 nitrogen and oxygen atoms in total. The lowest BCUT2D eigenvalue weighted by Gasteiger charge is -2.00. The average Bonchev–Trinajstić information content (AvgIpc) is 2.44. The minimum absolute atomic E-state index is 0.264. The number of aryl methyl sites for hydroxylation is 1. The van der Waals surface area contributed by atoms with Crippen molar-refractivity contribution in [3.8, 4) is 0 Å². The Morgan fingerprint density at radius 2 is 2.43 bits per heavy atom. The third-order valence-corrected chi connectivity index (χ3v) is 2.11. The molecule has 5 heteroatoms. The molecule has 2 N–H and O–H groups in total. The van der Waals surface area contributed by atoms with Crippen molar-refractivity contribution in [1.29, 1.82) is 0 Å². The van der Waals surface area contributed by atoms with E-state index in [9.17, 15) is 4.79 Å². The van der Waals surface area contributed by atoms with E-state index in [1.165, 1.54) is 6.33 Å². The van der Waals surface area contributed by atoms with Gasteiger partial charge in [-0.2, -0.15) is 5.10 Å². The van der Waals surface area contributed by atoms with Crippen LogP contribution in [0.3, 0.4) is 0 Å². The number of fused-ring (bicyclic) bond motifs is 1. The molecule has 2 heterocycles. The summed E-state index contributed by atoms with van der Waals surface area (Å²) in [6, 6.07) is 1.82. The molecule has 14 heavy (non-hydrogen) atoms. The lowest BCUT2D eigenvalue weighted by Crippen LogP contribution is -2.02. The van der Waals surface area contributed by atoms with Crippen molar-refractivity contribution in [3.05, 3.63) is 23.8 Å². The van der Waals surface area contributed by atoms with Crippen molar-refractivity contribution < 1.29 is 4.79 Å². The number of aldehydes is 1. The van der Waals surface area contributed by atoms with Gasteiger partial charge < -0.3 is 10.5 Å². The Labute approximate surface area is 80.6 Å². The summed E-state index contributed by atoms with van der Waals surface area (Å²) < 4.78 is 1.70. The van der Waals surface area contributed by atoms with E-state index in [4.69, 9.17) is 5.73 Å². The number of carbonyl (C=O) groups excluding carboxylic acids is 1. The highest BCUT2D eigenvalue weighted by Gasteiger charge is 2.09. The predicted molar refractivity (Wildman–Crippen MR) is 51.9 cm³/mol. The standard InChI is InChI=1S/C9H10N4O/c1-6-4-7(10)9-8(2-3-14)11-5-12-13(6)9/h3-5H,2,10H2,1H3. The Balaban J connectivity index is 2.78. The summed E-state index contributed by atoms with van der Waals surface area (Å²) in [5.74, 6) is 0. The lowest BCUT2D eigenvalue weighted by atomic mass is 10.3. The smallest absolute Gasteiger partial charge is 0.136 e. The third-order valence-electron chi connectivity index (χ3n) is 2.11. The van der Waals surface area contributed by atoms with Crippen molar-refractivity contribution in [1.82, 2.24) is 14.6 Å². The number of anilines is 1. The molecule has 0 aliphatic rings. The van der Waals surface area contributed by atoms with E-state index in [-0.39, 0.29) is 6.42 Å². The van der Waals surface area contributed by atoms with Crippen molar-refractivity contribution in [2.24, 2.45) is 0 Å². The van der Waals surface area contributed by atoms with Crippen molar-refractivity contribution in [2.75, 3.05) is 5.73 Å². The fourth-order valence-electron chi connectivity index (χ4n) is 1.53. The maximum atomic E-state index is 10.4. The predicted octanol–water partition coefficient (Wildman–Crippen LogP) is 0.361. The maximum Gasteiger partial charge on any atom is 0.136 e. The molecule has 2 rings (SSSR count). The van der Waals surface area contributed by atoms with Gasteiger partial charge in [-0.25, -0.2) is 9.50 Å². The largest absolute Gasteiger partial charge is 0.397 e. The molecule has 72 valence electrons. The van der Waals surface area contributed by atoms with E-state index < -0.39 is 0 Å². The number of nitrogens with zero attached hydrogens (tertiary/aromatic N) is 3. The van der Waals surface area contributed by atoms with Gasteiger partial charge >= 0.3 is 0 Å². The van der Waals surface area contributed by atoms with E-state index in [0.717, 1.165) is 17.5 Å². The summed E-state index contributed by atoms with van der Waals surface area (Å²) in [6.07, 6.45) is 2.50. The molecule has 0 amide bonds. The van der Waals surface area contributed by atoms with Crippen LogP contribution in [-0.2, 0) is 11.2 Å². The molecule has 2 aromatic heterocycles. The van der Waals surface area contributed by atoms with Gasteiger partial charge in [0.15, 0.2) is 0 Å². The average molecular weight is 190 g/mol. The zero-order chi connectivity index (χ0) is 10.1. The minimum atomic E-state index is 0.264. The van der Waals surface area contributed by atoms with Crippen LogP contribution in [0, 0.1) is 6.92 Å². The van der Waals surface area contributed by atoms with E-state index in [1.54, 1.807) is 4.52 Å². The van der Waals surface area contributed by atoms with Gasteiger partial charge in [0.2, 0.25) is 0 Å².